The summed E-state index contributed by atoms with van der Waals surface area (Å²) in [5, 5.41) is 0. The molecule has 0 spiro atoms. The third-order valence-corrected chi connectivity index (χ3v) is 4.82. The summed E-state index contributed by atoms with van der Waals surface area (Å²) in [6.07, 6.45) is 0.687. The average molecular weight is 340 g/mol. The van der Waals surface area contributed by atoms with Crippen LogP contribution in [-0.2, 0) is 7.05 Å². The van der Waals surface area contributed by atoms with E-state index in [4.69, 9.17) is 4.74 Å². The third kappa shape index (κ3) is 3.60. The van der Waals surface area contributed by atoms with Gasteiger partial charge in [-0.1, -0.05) is 17.7 Å². The molecule has 1 saturated heterocycles. The van der Waals surface area contributed by atoms with Crippen molar-refractivity contribution in [1.29, 1.82) is 0 Å². The maximum Gasteiger partial charge on any atom is 0.254 e. The molecule has 5 heteroatoms. The van der Waals surface area contributed by atoms with Gasteiger partial charge in [-0.2, -0.15) is 0 Å². The Bertz CT molecular complexity index is 870. The minimum absolute atomic E-state index is 0.0451. The highest BCUT2D eigenvalue weighted by Gasteiger charge is 2.29. The van der Waals surface area contributed by atoms with E-state index in [9.17, 15) is 9.59 Å². The molecule has 1 unspecified atom stereocenters. The van der Waals surface area contributed by atoms with E-state index in [2.05, 4.69) is 0 Å². The van der Waals surface area contributed by atoms with Gasteiger partial charge in [0.2, 0.25) is 0 Å². The van der Waals surface area contributed by atoms with Crippen LogP contribution in [0.1, 0.15) is 33.6 Å². The second kappa shape index (κ2) is 6.75. The van der Waals surface area contributed by atoms with E-state index in [1.54, 1.807) is 11.6 Å². The first-order valence-corrected chi connectivity index (χ1v) is 8.56. The Balaban J connectivity index is 1.69. The predicted octanol–water partition coefficient (Wildman–Crippen LogP) is 2.60. The van der Waals surface area contributed by atoms with Gasteiger partial charge in [0.15, 0.2) is 0 Å². The van der Waals surface area contributed by atoms with Crippen LogP contribution >= 0.6 is 0 Å². The fourth-order valence-corrected chi connectivity index (χ4v) is 3.23. The van der Waals surface area contributed by atoms with Gasteiger partial charge >= 0.3 is 0 Å². The van der Waals surface area contributed by atoms with Crippen LogP contribution in [0, 0.1) is 20.8 Å². The summed E-state index contributed by atoms with van der Waals surface area (Å²) in [5.74, 6) is 0.621. The summed E-state index contributed by atoms with van der Waals surface area (Å²) >= 11 is 0. The minimum atomic E-state index is -0.0868. The first kappa shape index (κ1) is 17.3. The van der Waals surface area contributed by atoms with Gasteiger partial charge in [0.1, 0.15) is 11.9 Å². The van der Waals surface area contributed by atoms with Gasteiger partial charge in [0.05, 0.1) is 6.54 Å². The molecule has 1 fully saturated rings. The molecule has 2 heterocycles. The molecule has 5 nitrogen and oxygen atoms in total. The Morgan fingerprint density at radius 2 is 1.92 bits per heavy atom. The summed E-state index contributed by atoms with van der Waals surface area (Å²) in [5.41, 5.74) is 3.66. The van der Waals surface area contributed by atoms with E-state index in [0.29, 0.717) is 18.8 Å². The Morgan fingerprint density at radius 3 is 2.60 bits per heavy atom. The molecule has 0 N–H and O–H groups in total. The van der Waals surface area contributed by atoms with Crippen LogP contribution in [0.15, 0.2) is 35.1 Å². The molecule has 1 aromatic heterocycles. The van der Waals surface area contributed by atoms with Gasteiger partial charge in [-0.05, 0) is 38.5 Å². The number of ether oxygens (including phenoxy) is 1. The van der Waals surface area contributed by atoms with E-state index in [0.717, 1.165) is 28.8 Å². The zero-order valence-electron chi connectivity index (χ0n) is 15.2. The van der Waals surface area contributed by atoms with Crippen LogP contribution in [-0.4, -0.2) is 34.6 Å². The average Bonchev–Trinajstić information content (AvgIpc) is 3.00. The number of pyridine rings is 1. The minimum Gasteiger partial charge on any atom is -0.488 e. The summed E-state index contributed by atoms with van der Waals surface area (Å²) in [4.78, 5) is 26.5. The Kier molecular flexibility index (Phi) is 4.66. The van der Waals surface area contributed by atoms with Crippen LogP contribution in [0.4, 0.5) is 0 Å². The molecule has 1 aliphatic rings. The lowest BCUT2D eigenvalue weighted by Crippen LogP contribution is -2.31. The van der Waals surface area contributed by atoms with Crippen molar-refractivity contribution < 1.29 is 9.53 Å². The number of carbonyl (C=O) groups is 1. The van der Waals surface area contributed by atoms with Gasteiger partial charge in [0.25, 0.3) is 11.5 Å². The number of carbonyl (C=O) groups excluding carboxylic acids is 1. The number of likely N-dealkylation sites (tertiary alicyclic amines) is 1. The second-order valence-electron chi connectivity index (χ2n) is 6.83. The summed E-state index contributed by atoms with van der Waals surface area (Å²) < 4.78 is 7.53. The molecule has 3 rings (SSSR count). The SMILES string of the molecule is Cc1ccc(C(=O)N2CCC(Oc3cc(C)n(C)c(=O)c3)C2)c(C)c1. The molecule has 0 bridgehead atoms. The molecular formula is C20H24N2O3. The maximum absolute atomic E-state index is 12.7. The van der Waals surface area contributed by atoms with Crippen molar-refractivity contribution in [3.05, 3.63) is 63.1 Å². The number of amides is 1. The molecule has 1 atom stereocenters. The molecule has 1 aliphatic heterocycles. The highest BCUT2D eigenvalue weighted by molar-refractivity contribution is 5.95. The van der Waals surface area contributed by atoms with Crippen LogP contribution in [0.3, 0.4) is 0 Å². The topological polar surface area (TPSA) is 51.5 Å². The lowest BCUT2D eigenvalue weighted by atomic mass is 10.0. The van der Waals surface area contributed by atoms with Crippen molar-refractivity contribution in [1.82, 2.24) is 9.47 Å². The zero-order chi connectivity index (χ0) is 18.1. The number of rotatable bonds is 3. The van der Waals surface area contributed by atoms with Crippen molar-refractivity contribution in [3.8, 4) is 5.75 Å². The van der Waals surface area contributed by atoms with Crippen molar-refractivity contribution in [2.24, 2.45) is 7.05 Å². The van der Waals surface area contributed by atoms with Crippen LogP contribution in [0.5, 0.6) is 5.75 Å². The molecule has 1 amide bonds. The lowest BCUT2D eigenvalue weighted by molar-refractivity contribution is 0.0771. The number of aryl methyl sites for hydroxylation is 3. The number of hydrogen-bond donors (Lipinski definition) is 0. The van der Waals surface area contributed by atoms with Crippen molar-refractivity contribution in [2.75, 3.05) is 13.1 Å². The molecular weight excluding hydrogens is 316 g/mol. The smallest absolute Gasteiger partial charge is 0.254 e. The fraction of sp³-hybridized carbons (Fsp3) is 0.400. The van der Waals surface area contributed by atoms with Gasteiger partial charge < -0.3 is 14.2 Å². The predicted molar refractivity (Wildman–Crippen MR) is 97.3 cm³/mol. The second-order valence-corrected chi connectivity index (χ2v) is 6.83. The van der Waals surface area contributed by atoms with Gasteiger partial charge in [-0.3, -0.25) is 9.59 Å². The van der Waals surface area contributed by atoms with Crippen LogP contribution < -0.4 is 10.3 Å². The van der Waals surface area contributed by atoms with Crippen LogP contribution in [0.25, 0.3) is 0 Å². The standard InChI is InChI=1S/C20H24N2O3/c1-13-5-6-18(14(2)9-13)20(24)22-8-7-16(12-22)25-17-10-15(3)21(4)19(23)11-17/h5-6,9-11,16H,7-8,12H2,1-4H3. The van der Waals surface area contributed by atoms with Crippen molar-refractivity contribution in [3.63, 3.8) is 0 Å². The number of aromatic nitrogens is 1. The molecule has 0 saturated carbocycles. The summed E-state index contributed by atoms with van der Waals surface area (Å²) in [6, 6.07) is 9.25. The van der Waals surface area contributed by atoms with Crippen LogP contribution in [0.2, 0.25) is 0 Å². The van der Waals surface area contributed by atoms with E-state index in [-0.39, 0.29) is 17.6 Å². The van der Waals surface area contributed by atoms with Gasteiger partial charge in [0, 0.05) is 37.3 Å². The number of nitrogens with zero attached hydrogens (tertiary/aromatic N) is 2. The fourth-order valence-electron chi connectivity index (χ4n) is 3.23. The zero-order valence-corrected chi connectivity index (χ0v) is 15.2. The normalized spacial score (nSPS) is 17.0. The first-order chi connectivity index (χ1) is 11.8. The van der Waals surface area contributed by atoms with Crippen molar-refractivity contribution >= 4 is 5.91 Å². The largest absolute Gasteiger partial charge is 0.488 e. The molecule has 2 aromatic rings. The highest BCUT2D eigenvalue weighted by atomic mass is 16.5. The maximum atomic E-state index is 12.7. The Labute approximate surface area is 147 Å². The van der Waals surface area contributed by atoms with E-state index < -0.39 is 0 Å². The Hall–Kier alpha value is -2.56. The highest BCUT2D eigenvalue weighted by Crippen LogP contribution is 2.21. The lowest BCUT2D eigenvalue weighted by Gasteiger charge is -2.19. The van der Waals surface area contributed by atoms with Crippen molar-refractivity contribution in [2.45, 2.75) is 33.3 Å². The quantitative estimate of drug-likeness (QED) is 0.863. The van der Waals surface area contributed by atoms with E-state index in [1.165, 1.54) is 6.07 Å². The first-order valence-electron chi connectivity index (χ1n) is 8.56. The summed E-state index contributed by atoms with van der Waals surface area (Å²) in [6.45, 7) is 7.07. The summed E-state index contributed by atoms with van der Waals surface area (Å²) in [7, 11) is 1.74. The monoisotopic (exact) mass is 340 g/mol. The molecule has 0 radical (unpaired) electrons. The molecule has 1 aromatic carbocycles. The molecule has 132 valence electrons. The van der Waals surface area contributed by atoms with Gasteiger partial charge in [-0.25, -0.2) is 0 Å². The van der Waals surface area contributed by atoms with E-state index in [1.807, 2.05) is 49.9 Å². The third-order valence-electron chi connectivity index (χ3n) is 4.82. The Morgan fingerprint density at radius 1 is 1.16 bits per heavy atom. The van der Waals surface area contributed by atoms with E-state index >= 15 is 0 Å². The number of hydrogen-bond acceptors (Lipinski definition) is 3. The number of benzene rings is 1. The molecule has 25 heavy (non-hydrogen) atoms. The molecule has 0 aliphatic carbocycles. The van der Waals surface area contributed by atoms with Gasteiger partial charge in [-0.15, -0.1) is 0 Å².